The fraction of sp³-hybridized carbons (Fsp3) is 0.250. The molecular formula is C16H17O2. The van der Waals surface area contributed by atoms with Crippen LogP contribution in [-0.4, -0.2) is 6.10 Å². The monoisotopic (exact) mass is 241 g/mol. The van der Waals surface area contributed by atoms with Gasteiger partial charge in [0, 0.05) is 6.07 Å². The SMILES string of the molecule is CC(C)Oc1ccc(COc2[c]cccc2)cc1. The number of hydrogen-bond acceptors (Lipinski definition) is 2. The first-order valence-corrected chi connectivity index (χ1v) is 6.09. The third kappa shape index (κ3) is 3.81. The Morgan fingerprint density at radius 1 is 1.06 bits per heavy atom. The molecule has 0 fully saturated rings. The van der Waals surface area contributed by atoms with Crippen LogP contribution in [0.5, 0.6) is 11.5 Å². The normalized spacial score (nSPS) is 10.4. The van der Waals surface area contributed by atoms with Crippen molar-refractivity contribution < 1.29 is 9.47 Å². The maximum atomic E-state index is 5.62. The largest absolute Gasteiger partial charge is 0.491 e. The van der Waals surface area contributed by atoms with Crippen molar-refractivity contribution in [3.05, 3.63) is 60.2 Å². The zero-order chi connectivity index (χ0) is 12.8. The molecule has 0 saturated carbocycles. The van der Waals surface area contributed by atoms with Crippen LogP contribution < -0.4 is 9.47 Å². The van der Waals surface area contributed by atoms with E-state index in [9.17, 15) is 0 Å². The highest BCUT2D eigenvalue weighted by Gasteiger charge is 1.99. The van der Waals surface area contributed by atoms with Gasteiger partial charge < -0.3 is 9.47 Å². The Bertz CT molecular complexity index is 460. The quantitative estimate of drug-likeness (QED) is 0.791. The third-order valence-electron chi connectivity index (χ3n) is 2.37. The fourth-order valence-corrected chi connectivity index (χ4v) is 1.56. The first-order chi connectivity index (χ1) is 8.74. The highest BCUT2D eigenvalue weighted by molar-refractivity contribution is 5.28. The summed E-state index contributed by atoms with van der Waals surface area (Å²) >= 11 is 0. The summed E-state index contributed by atoms with van der Waals surface area (Å²) in [5.41, 5.74) is 1.11. The fourth-order valence-electron chi connectivity index (χ4n) is 1.56. The smallest absolute Gasteiger partial charge is 0.127 e. The average Bonchev–Trinajstić information content (AvgIpc) is 2.38. The number of rotatable bonds is 5. The molecule has 2 rings (SSSR count). The molecule has 18 heavy (non-hydrogen) atoms. The Hall–Kier alpha value is -1.96. The van der Waals surface area contributed by atoms with E-state index < -0.39 is 0 Å². The van der Waals surface area contributed by atoms with Gasteiger partial charge in [-0.05, 0) is 37.6 Å². The zero-order valence-corrected chi connectivity index (χ0v) is 10.7. The summed E-state index contributed by atoms with van der Waals surface area (Å²) in [6, 6.07) is 18.6. The van der Waals surface area contributed by atoms with Gasteiger partial charge in [0.1, 0.15) is 18.1 Å². The van der Waals surface area contributed by atoms with Crippen LogP contribution in [-0.2, 0) is 6.61 Å². The summed E-state index contributed by atoms with van der Waals surface area (Å²) in [7, 11) is 0. The molecule has 2 aromatic rings. The van der Waals surface area contributed by atoms with Gasteiger partial charge in [-0.2, -0.15) is 0 Å². The van der Waals surface area contributed by atoms with Crippen molar-refractivity contribution >= 4 is 0 Å². The lowest BCUT2D eigenvalue weighted by Gasteiger charge is -2.10. The molecule has 0 amide bonds. The lowest BCUT2D eigenvalue weighted by molar-refractivity contribution is 0.242. The summed E-state index contributed by atoms with van der Waals surface area (Å²) in [6.45, 7) is 4.58. The average molecular weight is 241 g/mol. The van der Waals surface area contributed by atoms with Gasteiger partial charge in [0.15, 0.2) is 0 Å². The lowest BCUT2D eigenvalue weighted by Crippen LogP contribution is -2.05. The molecule has 0 bridgehead atoms. The van der Waals surface area contributed by atoms with Gasteiger partial charge in [-0.25, -0.2) is 0 Å². The summed E-state index contributed by atoms with van der Waals surface area (Å²) < 4.78 is 11.2. The van der Waals surface area contributed by atoms with Crippen LogP contribution in [0.3, 0.4) is 0 Å². The van der Waals surface area contributed by atoms with Crippen molar-refractivity contribution in [2.75, 3.05) is 0 Å². The standard InChI is InChI=1S/C16H17O2/c1-13(2)18-16-10-8-14(9-11-16)12-17-15-6-4-3-5-7-15/h3-6,8-11,13H,12H2,1-2H3. The van der Waals surface area contributed by atoms with Crippen molar-refractivity contribution in [2.24, 2.45) is 0 Å². The highest BCUT2D eigenvalue weighted by atomic mass is 16.5. The number of ether oxygens (including phenoxy) is 2. The molecule has 0 N–H and O–H groups in total. The van der Waals surface area contributed by atoms with Crippen LogP contribution in [0.1, 0.15) is 19.4 Å². The molecule has 0 atom stereocenters. The van der Waals surface area contributed by atoms with Gasteiger partial charge in [0.2, 0.25) is 0 Å². The molecule has 0 spiro atoms. The van der Waals surface area contributed by atoms with Crippen molar-refractivity contribution in [3.8, 4) is 11.5 Å². The lowest BCUT2D eigenvalue weighted by atomic mass is 10.2. The minimum atomic E-state index is 0.200. The van der Waals surface area contributed by atoms with Crippen LogP contribution >= 0.6 is 0 Å². The molecule has 0 aromatic heterocycles. The Labute approximate surface area is 108 Å². The van der Waals surface area contributed by atoms with Gasteiger partial charge in [0.25, 0.3) is 0 Å². The first kappa shape index (κ1) is 12.5. The van der Waals surface area contributed by atoms with E-state index in [2.05, 4.69) is 6.07 Å². The first-order valence-electron chi connectivity index (χ1n) is 6.09. The van der Waals surface area contributed by atoms with Crippen molar-refractivity contribution in [2.45, 2.75) is 26.6 Å². The van der Waals surface area contributed by atoms with Crippen LogP contribution in [0.25, 0.3) is 0 Å². The molecule has 2 aromatic carbocycles. The molecule has 0 heterocycles. The molecule has 1 radical (unpaired) electrons. The van der Waals surface area contributed by atoms with Gasteiger partial charge in [0.05, 0.1) is 6.10 Å². The molecular weight excluding hydrogens is 224 g/mol. The molecule has 0 saturated heterocycles. The van der Waals surface area contributed by atoms with Crippen LogP contribution in [0.2, 0.25) is 0 Å². The molecule has 0 aliphatic heterocycles. The van der Waals surface area contributed by atoms with E-state index >= 15 is 0 Å². The summed E-state index contributed by atoms with van der Waals surface area (Å²) in [5.74, 6) is 1.65. The maximum absolute atomic E-state index is 5.62. The van der Waals surface area contributed by atoms with Gasteiger partial charge in [-0.1, -0.05) is 30.3 Å². The number of hydrogen-bond donors (Lipinski definition) is 0. The molecule has 0 unspecified atom stereocenters. The Balaban J connectivity index is 1.90. The van der Waals surface area contributed by atoms with Gasteiger partial charge in [-0.3, -0.25) is 0 Å². The Kier molecular flexibility index (Phi) is 4.24. The maximum Gasteiger partial charge on any atom is 0.127 e. The van der Waals surface area contributed by atoms with E-state index in [1.165, 1.54) is 0 Å². The number of para-hydroxylation sites is 1. The van der Waals surface area contributed by atoms with E-state index in [0.717, 1.165) is 17.1 Å². The predicted molar refractivity (Wildman–Crippen MR) is 71.8 cm³/mol. The topological polar surface area (TPSA) is 18.5 Å². The van der Waals surface area contributed by atoms with Crippen molar-refractivity contribution in [1.29, 1.82) is 0 Å². The van der Waals surface area contributed by atoms with E-state index in [1.54, 1.807) is 0 Å². The second-order valence-corrected chi connectivity index (χ2v) is 4.33. The minimum Gasteiger partial charge on any atom is -0.491 e. The van der Waals surface area contributed by atoms with Crippen molar-refractivity contribution in [3.63, 3.8) is 0 Å². The van der Waals surface area contributed by atoms with Gasteiger partial charge in [-0.15, -0.1) is 0 Å². The Morgan fingerprint density at radius 3 is 2.44 bits per heavy atom. The van der Waals surface area contributed by atoms with Crippen LogP contribution in [0.15, 0.2) is 48.5 Å². The predicted octanol–water partition coefficient (Wildman–Crippen LogP) is 3.85. The zero-order valence-electron chi connectivity index (χ0n) is 10.7. The van der Waals surface area contributed by atoms with E-state index in [1.807, 2.05) is 62.4 Å². The van der Waals surface area contributed by atoms with E-state index in [4.69, 9.17) is 9.47 Å². The molecule has 2 nitrogen and oxygen atoms in total. The second-order valence-electron chi connectivity index (χ2n) is 4.33. The highest BCUT2D eigenvalue weighted by Crippen LogP contribution is 2.16. The van der Waals surface area contributed by atoms with E-state index in [-0.39, 0.29) is 6.10 Å². The third-order valence-corrected chi connectivity index (χ3v) is 2.37. The van der Waals surface area contributed by atoms with Crippen molar-refractivity contribution in [1.82, 2.24) is 0 Å². The molecule has 2 heteroatoms. The summed E-state index contributed by atoms with van der Waals surface area (Å²) in [5, 5.41) is 0. The summed E-state index contributed by atoms with van der Waals surface area (Å²) in [6.07, 6.45) is 0.200. The van der Waals surface area contributed by atoms with Gasteiger partial charge >= 0.3 is 0 Å². The molecule has 0 aliphatic rings. The summed E-state index contributed by atoms with van der Waals surface area (Å²) in [4.78, 5) is 0. The Morgan fingerprint density at radius 2 is 1.83 bits per heavy atom. The van der Waals surface area contributed by atoms with E-state index in [0.29, 0.717) is 6.61 Å². The minimum absolute atomic E-state index is 0.200. The van der Waals surface area contributed by atoms with Crippen LogP contribution in [0, 0.1) is 6.07 Å². The molecule has 0 aliphatic carbocycles. The molecule has 93 valence electrons. The number of benzene rings is 2. The second kappa shape index (κ2) is 6.10. The van der Waals surface area contributed by atoms with Crippen LogP contribution in [0.4, 0.5) is 0 Å².